The van der Waals surface area contributed by atoms with E-state index in [-0.39, 0.29) is 17.9 Å². The van der Waals surface area contributed by atoms with Crippen molar-refractivity contribution in [3.63, 3.8) is 0 Å². The zero-order valence-corrected chi connectivity index (χ0v) is 15.5. The fourth-order valence-electron chi connectivity index (χ4n) is 3.39. The Morgan fingerprint density at radius 2 is 1.88 bits per heavy atom. The minimum Gasteiger partial charge on any atom is -0.376 e. The average molecular weight is 389 g/mol. The topological polar surface area (TPSA) is 64.8 Å². The molecule has 0 bridgehead atoms. The molecule has 0 spiro atoms. The smallest absolute Gasteiger partial charge is 0.272 e. The minimum atomic E-state index is -0.491. The number of benzene rings is 1. The molecule has 2 saturated heterocycles. The molecule has 1 unspecified atom stereocenters. The molecule has 2 heterocycles. The van der Waals surface area contributed by atoms with Crippen LogP contribution in [-0.2, 0) is 9.47 Å². The van der Waals surface area contributed by atoms with Crippen LogP contribution in [0.25, 0.3) is 0 Å². The molecule has 0 N–H and O–H groups in total. The van der Waals surface area contributed by atoms with E-state index in [0.29, 0.717) is 22.3 Å². The zero-order chi connectivity index (χ0) is 17.8. The maximum atomic E-state index is 10.9. The van der Waals surface area contributed by atoms with Gasteiger partial charge >= 0.3 is 0 Å². The fourth-order valence-corrected chi connectivity index (χ4v) is 4.10. The van der Waals surface area contributed by atoms with E-state index in [1.165, 1.54) is 18.6 Å². The van der Waals surface area contributed by atoms with E-state index in [4.69, 9.17) is 32.7 Å². The van der Waals surface area contributed by atoms with E-state index in [1.54, 1.807) is 0 Å². The molecule has 1 aromatic carbocycles. The van der Waals surface area contributed by atoms with Crippen LogP contribution in [0.1, 0.15) is 32.1 Å². The van der Waals surface area contributed by atoms with Crippen LogP contribution >= 0.6 is 23.2 Å². The Kier molecular flexibility index (Phi) is 6.39. The van der Waals surface area contributed by atoms with Gasteiger partial charge in [-0.2, -0.15) is 0 Å². The van der Waals surface area contributed by atoms with Gasteiger partial charge in [-0.25, -0.2) is 0 Å². The number of ether oxygens (including phenoxy) is 2. The number of nitro groups is 1. The lowest BCUT2D eigenvalue weighted by Gasteiger charge is -2.35. The highest BCUT2D eigenvalue weighted by Crippen LogP contribution is 2.38. The van der Waals surface area contributed by atoms with Crippen LogP contribution in [0.15, 0.2) is 12.1 Å². The molecule has 0 saturated carbocycles. The quantitative estimate of drug-likeness (QED) is 0.550. The lowest BCUT2D eigenvalue weighted by molar-refractivity contribution is -0.384. The molecule has 2 aliphatic heterocycles. The standard InChI is InChI=1S/C17H22Cl2N2O4/c18-15-9-12(21(22)23)10-16(19)17(15)20-6-4-13(5-7-20)25-11-14-3-1-2-8-24-14/h9-10,13-14H,1-8,11H2. The van der Waals surface area contributed by atoms with E-state index in [2.05, 4.69) is 4.90 Å². The van der Waals surface area contributed by atoms with Crippen molar-refractivity contribution in [3.05, 3.63) is 32.3 Å². The number of halogens is 2. The van der Waals surface area contributed by atoms with Gasteiger partial charge < -0.3 is 14.4 Å². The maximum absolute atomic E-state index is 10.9. The van der Waals surface area contributed by atoms with Crippen molar-refractivity contribution in [1.29, 1.82) is 0 Å². The number of anilines is 1. The van der Waals surface area contributed by atoms with Crippen LogP contribution in [0, 0.1) is 10.1 Å². The molecule has 8 heteroatoms. The molecular formula is C17H22Cl2N2O4. The summed E-state index contributed by atoms with van der Waals surface area (Å²) in [6, 6.07) is 2.71. The molecule has 0 amide bonds. The number of nitrogens with zero attached hydrogens (tertiary/aromatic N) is 2. The van der Waals surface area contributed by atoms with E-state index in [1.807, 2.05) is 0 Å². The lowest BCUT2D eigenvalue weighted by atomic mass is 10.1. The minimum absolute atomic E-state index is 0.0931. The Bertz CT molecular complexity index is 592. The second-order valence-corrected chi connectivity index (χ2v) is 7.34. The number of nitro benzene ring substituents is 1. The first-order valence-electron chi connectivity index (χ1n) is 8.66. The van der Waals surface area contributed by atoms with E-state index in [9.17, 15) is 10.1 Å². The first-order valence-corrected chi connectivity index (χ1v) is 9.42. The Hall–Kier alpha value is -1.08. The largest absolute Gasteiger partial charge is 0.376 e. The Morgan fingerprint density at radius 3 is 2.44 bits per heavy atom. The highest BCUT2D eigenvalue weighted by Gasteiger charge is 2.26. The summed E-state index contributed by atoms with van der Waals surface area (Å²) < 4.78 is 11.7. The number of hydrogen-bond acceptors (Lipinski definition) is 5. The van der Waals surface area contributed by atoms with Gasteiger partial charge in [0.1, 0.15) is 0 Å². The molecule has 1 atom stereocenters. The van der Waals surface area contributed by atoms with Crippen molar-refractivity contribution in [2.45, 2.75) is 44.3 Å². The SMILES string of the molecule is O=[N+]([O-])c1cc(Cl)c(N2CCC(OCC3CCCCO3)CC2)c(Cl)c1. The normalized spacial score (nSPS) is 22.2. The first kappa shape index (κ1) is 18.7. The predicted molar refractivity (Wildman–Crippen MR) is 97.9 cm³/mol. The monoisotopic (exact) mass is 388 g/mol. The van der Waals surface area contributed by atoms with Crippen molar-refractivity contribution in [2.75, 3.05) is 31.2 Å². The van der Waals surface area contributed by atoms with E-state index >= 15 is 0 Å². The Labute approximate surface area is 157 Å². The van der Waals surface area contributed by atoms with Crippen LogP contribution in [0.2, 0.25) is 10.0 Å². The van der Waals surface area contributed by atoms with Crippen molar-refractivity contribution in [1.82, 2.24) is 0 Å². The summed E-state index contributed by atoms with van der Waals surface area (Å²) in [7, 11) is 0. The number of piperidine rings is 1. The van der Waals surface area contributed by atoms with E-state index < -0.39 is 4.92 Å². The average Bonchev–Trinajstić information content (AvgIpc) is 2.61. The molecular weight excluding hydrogens is 367 g/mol. The molecule has 1 aromatic rings. The van der Waals surface area contributed by atoms with Gasteiger partial charge in [-0.05, 0) is 32.1 Å². The molecule has 0 aromatic heterocycles. The molecule has 25 heavy (non-hydrogen) atoms. The Morgan fingerprint density at radius 1 is 1.20 bits per heavy atom. The van der Waals surface area contributed by atoms with Crippen LogP contribution in [0.5, 0.6) is 0 Å². The number of rotatable bonds is 5. The third kappa shape index (κ3) is 4.76. The summed E-state index contributed by atoms with van der Waals surface area (Å²) in [6.45, 7) is 3.01. The first-order chi connectivity index (χ1) is 12.0. The van der Waals surface area contributed by atoms with Crippen molar-refractivity contribution >= 4 is 34.6 Å². The van der Waals surface area contributed by atoms with Crippen molar-refractivity contribution in [3.8, 4) is 0 Å². The van der Waals surface area contributed by atoms with Crippen LogP contribution < -0.4 is 4.90 Å². The Balaban J connectivity index is 1.54. The summed E-state index contributed by atoms with van der Waals surface area (Å²) in [6.07, 6.45) is 5.61. The lowest BCUT2D eigenvalue weighted by Crippen LogP contribution is -2.38. The number of non-ortho nitro benzene ring substituents is 1. The molecule has 0 aliphatic carbocycles. The van der Waals surface area contributed by atoms with Gasteiger partial charge in [-0.15, -0.1) is 0 Å². The highest BCUT2D eigenvalue weighted by atomic mass is 35.5. The summed E-state index contributed by atoms with van der Waals surface area (Å²) in [5, 5.41) is 11.5. The molecule has 6 nitrogen and oxygen atoms in total. The molecule has 138 valence electrons. The van der Waals surface area contributed by atoms with E-state index in [0.717, 1.165) is 45.4 Å². The van der Waals surface area contributed by atoms with Crippen LogP contribution in [-0.4, -0.2) is 43.4 Å². The zero-order valence-electron chi connectivity index (χ0n) is 14.0. The molecule has 2 fully saturated rings. The molecule has 0 radical (unpaired) electrons. The summed E-state index contributed by atoms with van der Waals surface area (Å²) in [5.74, 6) is 0. The summed E-state index contributed by atoms with van der Waals surface area (Å²) >= 11 is 12.5. The number of hydrogen-bond donors (Lipinski definition) is 0. The van der Waals surface area contributed by atoms with Gasteiger partial charge in [0.15, 0.2) is 0 Å². The summed E-state index contributed by atoms with van der Waals surface area (Å²) in [5.41, 5.74) is 0.576. The van der Waals surface area contributed by atoms with Gasteiger partial charge in [0.2, 0.25) is 0 Å². The maximum Gasteiger partial charge on any atom is 0.272 e. The van der Waals surface area contributed by atoms with Gasteiger partial charge in [-0.1, -0.05) is 23.2 Å². The second-order valence-electron chi connectivity index (χ2n) is 6.52. The van der Waals surface area contributed by atoms with Crippen LogP contribution in [0.4, 0.5) is 11.4 Å². The molecule has 2 aliphatic rings. The van der Waals surface area contributed by atoms with Crippen LogP contribution in [0.3, 0.4) is 0 Å². The second kappa shape index (κ2) is 8.54. The molecule has 3 rings (SSSR count). The fraction of sp³-hybridized carbons (Fsp3) is 0.647. The van der Waals surface area contributed by atoms with Crippen molar-refractivity contribution in [2.24, 2.45) is 0 Å². The third-order valence-electron chi connectivity index (χ3n) is 4.76. The van der Waals surface area contributed by atoms with Gasteiger partial charge in [0, 0.05) is 31.8 Å². The van der Waals surface area contributed by atoms with Gasteiger partial charge in [0.25, 0.3) is 5.69 Å². The van der Waals surface area contributed by atoms with Crippen molar-refractivity contribution < 1.29 is 14.4 Å². The predicted octanol–water partition coefficient (Wildman–Crippen LogP) is 4.46. The van der Waals surface area contributed by atoms with Gasteiger partial charge in [0.05, 0.1) is 39.5 Å². The highest BCUT2D eigenvalue weighted by molar-refractivity contribution is 6.39. The van der Waals surface area contributed by atoms with Gasteiger partial charge in [-0.3, -0.25) is 10.1 Å². The third-order valence-corrected chi connectivity index (χ3v) is 5.34. The summed E-state index contributed by atoms with van der Waals surface area (Å²) in [4.78, 5) is 12.5.